The Morgan fingerprint density at radius 1 is 1.10 bits per heavy atom. The van der Waals surface area contributed by atoms with Crippen molar-refractivity contribution in [3.05, 3.63) is 57.8 Å². The Hall–Kier alpha value is -2.45. The van der Waals surface area contributed by atoms with Gasteiger partial charge in [0.15, 0.2) is 18.2 Å². The summed E-state index contributed by atoms with van der Waals surface area (Å²) < 4.78 is 19.7. The number of hydrogen-bond acceptors (Lipinski definition) is 4. The summed E-state index contributed by atoms with van der Waals surface area (Å²) in [5.41, 5.74) is 2.91. The summed E-state index contributed by atoms with van der Waals surface area (Å²) >= 11 is 3.18. The second-order valence-corrected chi connectivity index (χ2v) is 8.25. The zero-order valence-electron chi connectivity index (χ0n) is 17.1. The second-order valence-electron chi connectivity index (χ2n) is 7.34. The van der Waals surface area contributed by atoms with Crippen LogP contribution in [0.5, 0.6) is 5.75 Å². The van der Waals surface area contributed by atoms with Crippen molar-refractivity contribution in [2.24, 2.45) is 0 Å². The highest BCUT2D eigenvalue weighted by molar-refractivity contribution is 9.10. The highest BCUT2D eigenvalue weighted by Gasteiger charge is 2.23. The molecule has 0 radical (unpaired) electrons. The second kappa shape index (κ2) is 10.0. The SMILES string of the molecule is Cc1cccc(C)c1NC(=O)CN1CCN(C(=O)COc2ccc(Br)cc2F)CC1. The molecule has 0 unspecified atom stereocenters. The lowest BCUT2D eigenvalue weighted by Crippen LogP contribution is -2.51. The van der Waals surface area contributed by atoms with E-state index in [1.54, 1.807) is 11.0 Å². The first-order chi connectivity index (χ1) is 14.3. The summed E-state index contributed by atoms with van der Waals surface area (Å²) in [4.78, 5) is 28.5. The molecule has 0 aliphatic carbocycles. The van der Waals surface area contributed by atoms with Crippen molar-refractivity contribution in [3.63, 3.8) is 0 Å². The molecule has 1 heterocycles. The van der Waals surface area contributed by atoms with E-state index in [4.69, 9.17) is 4.74 Å². The number of nitrogens with one attached hydrogen (secondary N) is 1. The van der Waals surface area contributed by atoms with E-state index in [0.29, 0.717) is 30.7 Å². The zero-order valence-corrected chi connectivity index (χ0v) is 18.7. The van der Waals surface area contributed by atoms with Gasteiger partial charge in [-0.05, 0) is 43.2 Å². The van der Waals surface area contributed by atoms with Crippen molar-refractivity contribution in [2.75, 3.05) is 44.6 Å². The van der Waals surface area contributed by atoms with Crippen LogP contribution >= 0.6 is 15.9 Å². The number of halogens is 2. The lowest BCUT2D eigenvalue weighted by Gasteiger charge is -2.34. The molecular weight excluding hydrogens is 453 g/mol. The van der Waals surface area contributed by atoms with Crippen molar-refractivity contribution in [1.29, 1.82) is 0 Å². The van der Waals surface area contributed by atoms with Gasteiger partial charge in [0.1, 0.15) is 0 Å². The van der Waals surface area contributed by atoms with Crippen molar-refractivity contribution in [1.82, 2.24) is 9.80 Å². The van der Waals surface area contributed by atoms with Crippen LogP contribution in [0.2, 0.25) is 0 Å². The number of ether oxygens (including phenoxy) is 1. The molecule has 2 aromatic carbocycles. The van der Waals surface area contributed by atoms with Gasteiger partial charge in [0, 0.05) is 36.3 Å². The van der Waals surface area contributed by atoms with Crippen LogP contribution < -0.4 is 10.1 Å². The van der Waals surface area contributed by atoms with Crippen molar-refractivity contribution in [2.45, 2.75) is 13.8 Å². The summed E-state index contributed by atoms with van der Waals surface area (Å²) in [5.74, 6) is -0.733. The first kappa shape index (κ1) is 22.2. The molecule has 8 heteroatoms. The van der Waals surface area contributed by atoms with Gasteiger partial charge in [-0.3, -0.25) is 14.5 Å². The smallest absolute Gasteiger partial charge is 0.260 e. The highest BCUT2D eigenvalue weighted by Crippen LogP contribution is 2.22. The summed E-state index contributed by atoms with van der Waals surface area (Å²) in [6.45, 7) is 6.19. The molecule has 1 saturated heterocycles. The number of carbonyl (C=O) groups is 2. The van der Waals surface area contributed by atoms with Gasteiger partial charge in [-0.2, -0.15) is 0 Å². The molecule has 1 fully saturated rings. The fourth-order valence-corrected chi connectivity index (χ4v) is 3.71. The molecule has 1 N–H and O–H groups in total. The van der Waals surface area contributed by atoms with Gasteiger partial charge in [-0.25, -0.2) is 4.39 Å². The maximum atomic E-state index is 13.8. The number of piperazine rings is 1. The van der Waals surface area contributed by atoms with E-state index in [1.165, 1.54) is 12.1 Å². The molecule has 30 heavy (non-hydrogen) atoms. The van der Waals surface area contributed by atoms with Gasteiger partial charge in [0.2, 0.25) is 5.91 Å². The predicted octanol–water partition coefficient (Wildman–Crippen LogP) is 3.37. The van der Waals surface area contributed by atoms with Crippen LogP contribution in [0, 0.1) is 19.7 Å². The molecule has 0 saturated carbocycles. The highest BCUT2D eigenvalue weighted by atomic mass is 79.9. The van der Waals surface area contributed by atoms with Crippen LogP contribution in [-0.2, 0) is 9.59 Å². The summed E-state index contributed by atoms with van der Waals surface area (Å²) in [6, 6.07) is 10.3. The van der Waals surface area contributed by atoms with Gasteiger partial charge >= 0.3 is 0 Å². The number of anilines is 1. The number of amides is 2. The lowest BCUT2D eigenvalue weighted by atomic mass is 10.1. The van der Waals surface area contributed by atoms with E-state index in [0.717, 1.165) is 16.8 Å². The predicted molar refractivity (Wildman–Crippen MR) is 117 cm³/mol. The lowest BCUT2D eigenvalue weighted by molar-refractivity contribution is -0.135. The van der Waals surface area contributed by atoms with Crippen molar-refractivity contribution in [3.8, 4) is 5.75 Å². The molecule has 1 aliphatic rings. The fraction of sp³-hybridized carbons (Fsp3) is 0.364. The van der Waals surface area contributed by atoms with Gasteiger partial charge < -0.3 is 15.0 Å². The van der Waals surface area contributed by atoms with E-state index < -0.39 is 5.82 Å². The van der Waals surface area contributed by atoms with Crippen LogP contribution in [-0.4, -0.2) is 60.9 Å². The summed E-state index contributed by atoms with van der Waals surface area (Å²) in [5, 5.41) is 2.99. The first-order valence-corrected chi connectivity index (χ1v) is 10.6. The Labute approximate surface area is 184 Å². The monoisotopic (exact) mass is 477 g/mol. The Kier molecular flexibility index (Phi) is 7.44. The van der Waals surface area contributed by atoms with Gasteiger partial charge in [0.25, 0.3) is 5.91 Å². The minimum Gasteiger partial charge on any atom is -0.481 e. The summed E-state index contributed by atoms with van der Waals surface area (Å²) in [7, 11) is 0. The number of benzene rings is 2. The number of nitrogens with zero attached hydrogens (tertiary/aromatic N) is 2. The Balaban J connectivity index is 1.44. The number of hydrogen-bond donors (Lipinski definition) is 1. The van der Waals surface area contributed by atoms with E-state index in [2.05, 4.69) is 21.2 Å². The number of rotatable bonds is 6. The minimum absolute atomic E-state index is 0.0494. The molecule has 0 aromatic heterocycles. The molecule has 0 atom stereocenters. The van der Waals surface area contributed by atoms with E-state index >= 15 is 0 Å². The molecule has 160 valence electrons. The van der Waals surface area contributed by atoms with Crippen LogP contribution in [0.25, 0.3) is 0 Å². The first-order valence-electron chi connectivity index (χ1n) is 9.77. The van der Waals surface area contributed by atoms with Gasteiger partial charge in [-0.1, -0.05) is 34.1 Å². The molecular formula is C22H25BrFN3O3. The fourth-order valence-electron chi connectivity index (χ4n) is 3.37. The van der Waals surface area contributed by atoms with Crippen molar-refractivity contribution < 1.29 is 18.7 Å². The van der Waals surface area contributed by atoms with Crippen LogP contribution in [0.3, 0.4) is 0 Å². The number of para-hydroxylation sites is 1. The maximum Gasteiger partial charge on any atom is 0.260 e. The third kappa shape index (κ3) is 5.79. The molecule has 2 amide bonds. The third-order valence-corrected chi connectivity index (χ3v) is 5.58. The largest absolute Gasteiger partial charge is 0.481 e. The normalized spacial score (nSPS) is 14.5. The maximum absolute atomic E-state index is 13.8. The Morgan fingerprint density at radius 3 is 2.40 bits per heavy atom. The Bertz CT molecular complexity index is 910. The van der Waals surface area contributed by atoms with Crippen LogP contribution in [0.1, 0.15) is 11.1 Å². The standard InChI is InChI=1S/C22H25BrFN3O3/c1-15-4-3-5-16(2)22(15)25-20(28)13-26-8-10-27(11-9-26)21(29)14-30-19-7-6-17(23)12-18(19)24/h3-7,12H,8-11,13-14H2,1-2H3,(H,25,28). The quantitative estimate of drug-likeness (QED) is 0.692. The molecule has 1 aliphatic heterocycles. The zero-order chi connectivity index (χ0) is 21.7. The summed E-state index contributed by atoms with van der Waals surface area (Å²) in [6.07, 6.45) is 0. The molecule has 0 bridgehead atoms. The van der Waals surface area contributed by atoms with Crippen molar-refractivity contribution >= 4 is 33.4 Å². The third-order valence-electron chi connectivity index (χ3n) is 5.08. The van der Waals surface area contributed by atoms with Gasteiger partial charge in [0.05, 0.1) is 6.54 Å². The number of carbonyl (C=O) groups excluding carboxylic acids is 2. The van der Waals surface area contributed by atoms with E-state index in [1.807, 2.05) is 36.9 Å². The number of aryl methyl sites for hydroxylation is 2. The average Bonchev–Trinajstić information content (AvgIpc) is 2.70. The van der Waals surface area contributed by atoms with E-state index in [9.17, 15) is 14.0 Å². The minimum atomic E-state index is -0.517. The molecule has 2 aromatic rings. The molecule has 6 nitrogen and oxygen atoms in total. The van der Waals surface area contributed by atoms with E-state index in [-0.39, 0.29) is 30.7 Å². The molecule has 3 rings (SSSR count). The topological polar surface area (TPSA) is 61.9 Å². The van der Waals surface area contributed by atoms with Gasteiger partial charge in [-0.15, -0.1) is 0 Å². The Morgan fingerprint density at radius 2 is 1.77 bits per heavy atom. The van der Waals surface area contributed by atoms with Crippen LogP contribution in [0.4, 0.5) is 10.1 Å². The molecule has 0 spiro atoms. The average molecular weight is 478 g/mol. The van der Waals surface area contributed by atoms with Crippen LogP contribution in [0.15, 0.2) is 40.9 Å².